The van der Waals surface area contributed by atoms with Crippen molar-refractivity contribution in [3.8, 4) is 0 Å². The predicted octanol–water partition coefficient (Wildman–Crippen LogP) is 5.08. The lowest BCUT2D eigenvalue weighted by Crippen LogP contribution is -1.92. The van der Waals surface area contributed by atoms with Crippen molar-refractivity contribution in [2.75, 3.05) is 0 Å². The normalized spacial score (nSPS) is 13.1. The molecule has 0 unspecified atom stereocenters. The summed E-state index contributed by atoms with van der Waals surface area (Å²) in [6.45, 7) is 2.14. The molecule has 1 aromatic heterocycles. The second-order valence-electron chi connectivity index (χ2n) is 4.54. The predicted molar refractivity (Wildman–Crippen MR) is 84.3 cm³/mol. The molecule has 0 aliphatic heterocycles. The fraction of sp³-hybridized carbons (Fsp3) is 0.118. The number of aliphatic imine (C=N–C) groups is 1. The molecule has 94 valence electrons. The molecule has 19 heavy (non-hydrogen) atoms. The minimum Gasteiger partial charge on any atom is -0.284 e. The summed E-state index contributed by atoms with van der Waals surface area (Å²) in [5, 5.41) is 4.64. The van der Waals surface area contributed by atoms with E-state index in [1.807, 2.05) is 6.21 Å². The van der Waals surface area contributed by atoms with E-state index in [2.05, 4.69) is 71.9 Å². The molecule has 0 aliphatic rings. The molecule has 1 atom stereocenters. The van der Waals surface area contributed by atoms with Gasteiger partial charge in [-0.2, -0.15) is 0 Å². The zero-order valence-corrected chi connectivity index (χ0v) is 11.6. The van der Waals surface area contributed by atoms with Crippen LogP contribution in [-0.2, 0) is 0 Å². The Labute approximate surface area is 117 Å². The van der Waals surface area contributed by atoms with Crippen molar-refractivity contribution in [3.63, 3.8) is 0 Å². The van der Waals surface area contributed by atoms with Crippen molar-refractivity contribution in [1.82, 2.24) is 0 Å². The highest BCUT2D eigenvalue weighted by Crippen LogP contribution is 2.26. The van der Waals surface area contributed by atoms with Crippen LogP contribution in [0.15, 0.2) is 65.0 Å². The molecule has 0 radical (unpaired) electrons. The van der Waals surface area contributed by atoms with Crippen molar-refractivity contribution >= 4 is 28.3 Å². The minimum atomic E-state index is 0.174. The third-order valence-corrected chi connectivity index (χ3v) is 4.05. The molecule has 2 heteroatoms. The number of hydrogen-bond acceptors (Lipinski definition) is 2. The van der Waals surface area contributed by atoms with E-state index in [4.69, 9.17) is 0 Å². The first-order valence-electron chi connectivity index (χ1n) is 6.39. The number of hydrogen-bond donors (Lipinski definition) is 0. The van der Waals surface area contributed by atoms with E-state index in [1.165, 1.54) is 21.2 Å². The number of thiophene rings is 1. The third-order valence-electron chi connectivity index (χ3n) is 3.24. The molecule has 0 bridgehead atoms. The highest BCUT2D eigenvalue weighted by molar-refractivity contribution is 7.11. The Balaban J connectivity index is 1.95. The Morgan fingerprint density at radius 2 is 1.84 bits per heavy atom. The summed E-state index contributed by atoms with van der Waals surface area (Å²) in [5.41, 5.74) is 1.28. The average Bonchev–Trinajstić information content (AvgIpc) is 2.97. The zero-order chi connectivity index (χ0) is 13.1. The third kappa shape index (κ3) is 2.59. The van der Waals surface area contributed by atoms with Crippen LogP contribution < -0.4 is 0 Å². The fourth-order valence-electron chi connectivity index (χ4n) is 2.25. The molecule has 3 aromatic rings. The lowest BCUT2D eigenvalue weighted by molar-refractivity contribution is 0.834. The standard InChI is InChI=1S/C17H15NS/c1-13(18-12-15-8-5-11-19-15)16-10-4-7-14-6-2-3-9-17(14)16/h2-13H,1H3/t13-/m0/s1. The van der Waals surface area contributed by atoms with Gasteiger partial charge in [-0.05, 0) is 34.7 Å². The second-order valence-corrected chi connectivity index (χ2v) is 5.52. The first-order valence-corrected chi connectivity index (χ1v) is 7.27. The summed E-state index contributed by atoms with van der Waals surface area (Å²) in [6.07, 6.45) is 1.97. The largest absolute Gasteiger partial charge is 0.284 e. The highest BCUT2D eigenvalue weighted by Gasteiger charge is 2.06. The molecule has 0 saturated carbocycles. The van der Waals surface area contributed by atoms with Crippen LogP contribution in [0.3, 0.4) is 0 Å². The smallest absolute Gasteiger partial charge is 0.0727 e. The molecule has 0 amide bonds. The van der Waals surface area contributed by atoms with E-state index in [0.29, 0.717) is 0 Å². The van der Waals surface area contributed by atoms with Crippen LogP contribution in [0.1, 0.15) is 23.4 Å². The molecule has 1 nitrogen and oxygen atoms in total. The Morgan fingerprint density at radius 3 is 2.68 bits per heavy atom. The van der Waals surface area contributed by atoms with E-state index in [-0.39, 0.29) is 6.04 Å². The molecule has 0 saturated heterocycles. The van der Waals surface area contributed by atoms with Gasteiger partial charge in [0, 0.05) is 11.1 Å². The Morgan fingerprint density at radius 1 is 1.00 bits per heavy atom. The maximum absolute atomic E-state index is 4.67. The summed E-state index contributed by atoms with van der Waals surface area (Å²) >= 11 is 1.71. The molecule has 0 N–H and O–H groups in total. The van der Waals surface area contributed by atoms with Gasteiger partial charge in [-0.3, -0.25) is 4.99 Å². The average molecular weight is 265 g/mol. The van der Waals surface area contributed by atoms with E-state index < -0.39 is 0 Å². The van der Waals surface area contributed by atoms with Gasteiger partial charge in [0.2, 0.25) is 0 Å². The Bertz CT molecular complexity index is 693. The molecule has 3 rings (SSSR count). The van der Waals surface area contributed by atoms with Crippen LogP contribution in [0.5, 0.6) is 0 Å². The molecule has 2 aromatic carbocycles. The lowest BCUT2D eigenvalue weighted by Gasteiger charge is -2.10. The van der Waals surface area contributed by atoms with Gasteiger partial charge in [-0.25, -0.2) is 0 Å². The number of nitrogens with zero attached hydrogens (tertiary/aromatic N) is 1. The van der Waals surface area contributed by atoms with E-state index in [1.54, 1.807) is 11.3 Å². The van der Waals surface area contributed by atoms with Crippen molar-refractivity contribution in [3.05, 3.63) is 70.4 Å². The maximum atomic E-state index is 4.67. The van der Waals surface area contributed by atoms with E-state index >= 15 is 0 Å². The van der Waals surface area contributed by atoms with Crippen molar-refractivity contribution < 1.29 is 0 Å². The van der Waals surface area contributed by atoms with Gasteiger partial charge in [0.05, 0.1) is 6.04 Å². The van der Waals surface area contributed by atoms with Crippen LogP contribution in [0.25, 0.3) is 10.8 Å². The Hall–Kier alpha value is -1.93. The quantitative estimate of drug-likeness (QED) is 0.585. The van der Waals surface area contributed by atoms with E-state index in [9.17, 15) is 0 Å². The number of benzene rings is 2. The van der Waals surface area contributed by atoms with Crippen molar-refractivity contribution in [2.24, 2.45) is 4.99 Å². The highest BCUT2D eigenvalue weighted by atomic mass is 32.1. The Kier molecular flexibility index (Phi) is 3.43. The van der Waals surface area contributed by atoms with Gasteiger partial charge < -0.3 is 0 Å². The zero-order valence-electron chi connectivity index (χ0n) is 10.8. The van der Waals surface area contributed by atoms with Gasteiger partial charge in [-0.15, -0.1) is 11.3 Å². The summed E-state index contributed by atoms with van der Waals surface area (Å²) in [6, 6.07) is 19.2. The maximum Gasteiger partial charge on any atom is 0.0727 e. The molecule has 0 fully saturated rings. The van der Waals surface area contributed by atoms with Gasteiger partial charge in [-0.1, -0.05) is 48.5 Å². The van der Waals surface area contributed by atoms with Crippen LogP contribution >= 0.6 is 11.3 Å². The molecular formula is C17H15NS. The van der Waals surface area contributed by atoms with Crippen LogP contribution in [0, 0.1) is 0 Å². The number of fused-ring (bicyclic) bond motifs is 1. The van der Waals surface area contributed by atoms with Crippen LogP contribution in [0.2, 0.25) is 0 Å². The summed E-state index contributed by atoms with van der Waals surface area (Å²) in [5.74, 6) is 0. The van der Waals surface area contributed by atoms with E-state index in [0.717, 1.165) is 0 Å². The van der Waals surface area contributed by atoms with Gasteiger partial charge in [0.15, 0.2) is 0 Å². The first kappa shape index (κ1) is 12.1. The van der Waals surface area contributed by atoms with Crippen LogP contribution in [0.4, 0.5) is 0 Å². The number of rotatable bonds is 3. The first-order chi connectivity index (χ1) is 9.34. The SMILES string of the molecule is C[C@H](N=Cc1cccs1)c1cccc2ccccc12. The van der Waals surface area contributed by atoms with Crippen molar-refractivity contribution in [1.29, 1.82) is 0 Å². The minimum absolute atomic E-state index is 0.174. The summed E-state index contributed by atoms with van der Waals surface area (Å²) < 4.78 is 0. The van der Waals surface area contributed by atoms with Crippen molar-refractivity contribution in [2.45, 2.75) is 13.0 Å². The molecule has 0 aliphatic carbocycles. The molecule has 0 spiro atoms. The lowest BCUT2D eigenvalue weighted by atomic mass is 10.0. The monoisotopic (exact) mass is 265 g/mol. The second kappa shape index (κ2) is 5.37. The van der Waals surface area contributed by atoms with Gasteiger partial charge in [0.25, 0.3) is 0 Å². The fourth-order valence-corrected chi connectivity index (χ4v) is 2.84. The van der Waals surface area contributed by atoms with Gasteiger partial charge >= 0.3 is 0 Å². The summed E-state index contributed by atoms with van der Waals surface area (Å²) in [4.78, 5) is 5.87. The topological polar surface area (TPSA) is 12.4 Å². The molecular weight excluding hydrogens is 250 g/mol. The van der Waals surface area contributed by atoms with Crippen LogP contribution in [-0.4, -0.2) is 6.21 Å². The molecule has 1 heterocycles. The summed E-state index contributed by atoms with van der Waals surface area (Å²) in [7, 11) is 0. The van der Waals surface area contributed by atoms with Gasteiger partial charge in [0.1, 0.15) is 0 Å².